The van der Waals surface area contributed by atoms with E-state index in [0.717, 1.165) is 15.7 Å². The van der Waals surface area contributed by atoms with Gasteiger partial charge in [0, 0.05) is 17.2 Å². The van der Waals surface area contributed by atoms with Gasteiger partial charge in [0.25, 0.3) is 5.91 Å². The lowest BCUT2D eigenvalue weighted by Gasteiger charge is -2.09. The molecule has 5 nitrogen and oxygen atoms in total. The molecule has 0 unspecified atom stereocenters. The monoisotopic (exact) mass is 308 g/mol. The highest BCUT2D eigenvalue weighted by Gasteiger charge is 2.15. The third-order valence-corrected chi connectivity index (χ3v) is 3.11. The van der Waals surface area contributed by atoms with E-state index in [4.69, 9.17) is 5.73 Å². The van der Waals surface area contributed by atoms with Crippen LogP contribution in [0.25, 0.3) is 0 Å². The third-order valence-electron chi connectivity index (χ3n) is 2.62. The molecule has 94 valence electrons. The number of nitrogens with zero attached hydrogens (tertiary/aromatic N) is 2. The van der Waals surface area contributed by atoms with Crippen molar-refractivity contribution in [2.24, 2.45) is 7.05 Å². The van der Waals surface area contributed by atoms with Crippen molar-refractivity contribution in [3.8, 4) is 0 Å². The number of nitrogens with one attached hydrogen (secondary N) is 1. The van der Waals surface area contributed by atoms with Crippen molar-refractivity contribution < 1.29 is 4.79 Å². The maximum atomic E-state index is 12.1. The summed E-state index contributed by atoms with van der Waals surface area (Å²) in [6.07, 6.45) is 1.46. The van der Waals surface area contributed by atoms with E-state index in [1.165, 1.54) is 10.9 Å². The van der Waals surface area contributed by atoms with Gasteiger partial charge in [-0.3, -0.25) is 9.48 Å². The Bertz CT molecular complexity index is 587. The van der Waals surface area contributed by atoms with Crippen LogP contribution >= 0.6 is 15.9 Å². The van der Waals surface area contributed by atoms with Crippen LogP contribution in [0.1, 0.15) is 16.1 Å². The molecule has 0 saturated carbocycles. The molecule has 0 aliphatic carbocycles. The fourth-order valence-corrected chi connectivity index (χ4v) is 2.16. The largest absolute Gasteiger partial charge is 0.396 e. The number of aryl methyl sites for hydroxylation is 2. The smallest absolute Gasteiger partial charge is 0.276 e. The number of aromatic nitrogens is 2. The van der Waals surface area contributed by atoms with E-state index < -0.39 is 0 Å². The molecule has 1 aromatic heterocycles. The molecule has 0 atom stereocenters. The second-order valence-electron chi connectivity index (χ2n) is 3.99. The minimum atomic E-state index is -0.266. The van der Waals surface area contributed by atoms with Crippen LogP contribution in [0.5, 0.6) is 0 Å². The van der Waals surface area contributed by atoms with E-state index in [1.54, 1.807) is 7.05 Å². The zero-order valence-electron chi connectivity index (χ0n) is 10.1. The number of rotatable bonds is 2. The minimum absolute atomic E-state index is 0.266. The summed E-state index contributed by atoms with van der Waals surface area (Å²) in [6, 6.07) is 5.64. The van der Waals surface area contributed by atoms with E-state index in [-0.39, 0.29) is 5.91 Å². The van der Waals surface area contributed by atoms with Gasteiger partial charge in [-0.1, -0.05) is 15.9 Å². The summed E-state index contributed by atoms with van der Waals surface area (Å²) in [4.78, 5) is 12.1. The Labute approximate surface area is 113 Å². The zero-order chi connectivity index (χ0) is 13.3. The summed E-state index contributed by atoms with van der Waals surface area (Å²) in [5.41, 5.74) is 8.15. The van der Waals surface area contributed by atoms with Crippen molar-refractivity contribution in [3.63, 3.8) is 0 Å². The van der Waals surface area contributed by atoms with E-state index in [0.29, 0.717) is 11.4 Å². The Balaban J connectivity index is 2.27. The normalized spacial score (nSPS) is 10.4. The fraction of sp³-hybridized carbons (Fsp3) is 0.167. The number of nitrogens with two attached hydrogens (primary N) is 1. The minimum Gasteiger partial charge on any atom is -0.396 e. The van der Waals surface area contributed by atoms with Crippen molar-refractivity contribution in [2.45, 2.75) is 6.92 Å². The SMILES string of the molecule is Cc1cc(Br)ccc1NC(=O)c1c(N)cnn1C. The van der Waals surface area contributed by atoms with Crippen molar-refractivity contribution in [1.29, 1.82) is 0 Å². The molecule has 0 bridgehead atoms. The second-order valence-corrected chi connectivity index (χ2v) is 4.90. The van der Waals surface area contributed by atoms with E-state index in [2.05, 4.69) is 26.3 Å². The van der Waals surface area contributed by atoms with E-state index in [9.17, 15) is 4.79 Å². The van der Waals surface area contributed by atoms with Crippen LogP contribution in [0, 0.1) is 6.92 Å². The van der Waals surface area contributed by atoms with Gasteiger partial charge in [0.15, 0.2) is 0 Å². The molecule has 1 heterocycles. The van der Waals surface area contributed by atoms with Gasteiger partial charge >= 0.3 is 0 Å². The zero-order valence-corrected chi connectivity index (χ0v) is 11.7. The number of hydrogen-bond acceptors (Lipinski definition) is 3. The van der Waals surface area contributed by atoms with Crippen molar-refractivity contribution in [1.82, 2.24) is 9.78 Å². The molecule has 1 amide bonds. The molecule has 18 heavy (non-hydrogen) atoms. The standard InChI is InChI=1S/C12H13BrN4O/c1-7-5-8(13)3-4-10(7)16-12(18)11-9(14)6-15-17(11)2/h3-6H,14H2,1-2H3,(H,16,18). The van der Waals surface area contributed by atoms with E-state index in [1.807, 2.05) is 25.1 Å². The Morgan fingerprint density at radius 3 is 2.78 bits per heavy atom. The summed E-state index contributed by atoms with van der Waals surface area (Å²) >= 11 is 3.38. The molecule has 0 fully saturated rings. The third kappa shape index (κ3) is 2.38. The highest BCUT2D eigenvalue weighted by Crippen LogP contribution is 2.21. The maximum absolute atomic E-state index is 12.1. The summed E-state index contributed by atoms with van der Waals surface area (Å²) in [5.74, 6) is -0.266. The number of amides is 1. The Morgan fingerprint density at radius 2 is 2.22 bits per heavy atom. The molecule has 0 aliphatic heterocycles. The lowest BCUT2D eigenvalue weighted by atomic mass is 10.2. The number of benzene rings is 1. The first kappa shape index (κ1) is 12.6. The number of carbonyl (C=O) groups is 1. The molecular formula is C12H13BrN4O. The van der Waals surface area contributed by atoms with E-state index >= 15 is 0 Å². The first-order valence-corrected chi connectivity index (χ1v) is 6.13. The Hall–Kier alpha value is -1.82. The highest BCUT2D eigenvalue weighted by molar-refractivity contribution is 9.10. The number of nitrogen functional groups attached to an aromatic ring is 1. The maximum Gasteiger partial charge on any atom is 0.276 e. The van der Waals surface area contributed by atoms with Crippen molar-refractivity contribution >= 4 is 33.2 Å². The lowest BCUT2D eigenvalue weighted by molar-refractivity contribution is 0.101. The molecule has 0 aliphatic rings. The van der Waals surface area contributed by atoms with Gasteiger partial charge in [-0.15, -0.1) is 0 Å². The quantitative estimate of drug-likeness (QED) is 0.894. The molecule has 0 saturated heterocycles. The summed E-state index contributed by atoms with van der Waals surface area (Å²) in [5, 5.41) is 6.76. The lowest BCUT2D eigenvalue weighted by Crippen LogP contribution is -2.18. The van der Waals surface area contributed by atoms with Gasteiger partial charge in [0.2, 0.25) is 0 Å². The Morgan fingerprint density at radius 1 is 1.50 bits per heavy atom. The van der Waals surface area contributed by atoms with Gasteiger partial charge in [-0.05, 0) is 30.7 Å². The number of halogens is 1. The van der Waals surface area contributed by atoms with Crippen LogP contribution in [0.15, 0.2) is 28.9 Å². The van der Waals surface area contributed by atoms with Gasteiger partial charge < -0.3 is 11.1 Å². The number of hydrogen-bond donors (Lipinski definition) is 2. The molecule has 2 aromatic rings. The molecule has 0 spiro atoms. The molecule has 1 aromatic carbocycles. The van der Waals surface area contributed by atoms with Gasteiger partial charge in [0.05, 0.1) is 11.9 Å². The van der Waals surface area contributed by atoms with Crippen LogP contribution in [0.3, 0.4) is 0 Å². The molecule has 6 heteroatoms. The summed E-state index contributed by atoms with van der Waals surface area (Å²) < 4.78 is 2.43. The Kier molecular flexibility index (Phi) is 3.38. The molecule has 3 N–H and O–H groups in total. The first-order chi connectivity index (χ1) is 8.49. The summed E-state index contributed by atoms with van der Waals surface area (Å²) in [6.45, 7) is 1.92. The van der Waals surface area contributed by atoms with Crippen molar-refractivity contribution in [3.05, 3.63) is 40.1 Å². The molecule has 2 rings (SSSR count). The van der Waals surface area contributed by atoms with Crippen molar-refractivity contribution in [2.75, 3.05) is 11.1 Å². The van der Waals surface area contributed by atoms with Gasteiger partial charge in [0.1, 0.15) is 5.69 Å². The van der Waals surface area contributed by atoms with Crippen LogP contribution in [0.2, 0.25) is 0 Å². The van der Waals surface area contributed by atoms with Crippen LogP contribution in [0.4, 0.5) is 11.4 Å². The van der Waals surface area contributed by atoms with Crippen LogP contribution in [-0.4, -0.2) is 15.7 Å². The average Bonchev–Trinajstić information content (AvgIpc) is 2.62. The number of anilines is 2. The second kappa shape index (κ2) is 4.81. The average molecular weight is 309 g/mol. The molecule has 0 radical (unpaired) electrons. The first-order valence-electron chi connectivity index (χ1n) is 5.34. The van der Waals surface area contributed by atoms with Gasteiger partial charge in [-0.25, -0.2) is 0 Å². The van der Waals surface area contributed by atoms with Gasteiger partial charge in [-0.2, -0.15) is 5.10 Å². The van der Waals surface area contributed by atoms with Crippen LogP contribution < -0.4 is 11.1 Å². The highest BCUT2D eigenvalue weighted by atomic mass is 79.9. The fourth-order valence-electron chi connectivity index (χ4n) is 1.68. The predicted octanol–water partition coefficient (Wildman–Crippen LogP) is 2.33. The summed E-state index contributed by atoms with van der Waals surface area (Å²) in [7, 11) is 1.68. The van der Waals surface area contributed by atoms with Crippen LogP contribution in [-0.2, 0) is 7.05 Å². The topological polar surface area (TPSA) is 72.9 Å². The molecular weight excluding hydrogens is 296 g/mol. The predicted molar refractivity (Wildman–Crippen MR) is 74.5 cm³/mol. The number of carbonyl (C=O) groups excluding carboxylic acids is 1.